The minimum Gasteiger partial charge on any atom is -0.481 e. The fourth-order valence-electron chi connectivity index (χ4n) is 2.20. The van der Waals surface area contributed by atoms with Crippen molar-refractivity contribution < 1.29 is 9.90 Å². The summed E-state index contributed by atoms with van der Waals surface area (Å²) in [7, 11) is 0. The number of likely N-dealkylation sites (N-methyl/N-ethyl adjacent to an activating group) is 1. The Kier molecular flexibility index (Phi) is 2.86. The molecule has 0 bridgehead atoms. The predicted molar refractivity (Wildman–Crippen MR) is 64.1 cm³/mol. The van der Waals surface area contributed by atoms with Gasteiger partial charge in [-0.2, -0.15) is 0 Å². The molecule has 0 spiro atoms. The number of hydrogen-bond donors (Lipinski definition) is 1. The molecule has 2 rings (SSSR count). The van der Waals surface area contributed by atoms with Crippen molar-refractivity contribution in [3.8, 4) is 0 Å². The minimum atomic E-state index is -0.763. The molecule has 16 heavy (non-hydrogen) atoms. The smallest absolute Gasteiger partial charge is 0.310 e. The van der Waals surface area contributed by atoms with Crippen molar-refractivity contribution in [2.75, 3.05) is 18.0 Å². The number of carbonyl (C=O) groups is 1. The average Bonchev–Trinajstić information content (AvgIpc) is 2.69. The van der Waals surface area contributed by atoms with Crippen molar-refractivity contribution in [2.24, 2.45) is 0 Å². The van der Waals surface area contributed by atoms with E-state index in [1.807, 2.05) is 12.1 Å². The maximum absolute atomic E-state index is 10.9. The number of anilines is 1. The first-order valence-electron chi connectivity index (χ1n) is 5.74. The Bertz CT molecular complexity index is 414. The molecular formula is C13H17NO2. The van der Waals surface area contributed by atoms with Crippen LogP contribution in [0.1, 0.15) is 30.9 Å². The number of aliphatic carboxylic acids is 1. The molecule has 1 aromatic carbocycles. The van der Waals surface area contributed by atoms with Gasteiger partial charge < -0.3 is 10.0 Å². The SMILES string of the molecule is CCN1CCc2ccc(C(C)C(=O)O)cc21. The van der Waals surface area contributed by atoms with Crippen LogP contribution >= 0.6 is 0 Å². The van der Waals surface area contributed by atoms with Crippen molar-refractivity contribution in [2.45, 2.75) is 26.2 Å². The van der Waals surface area contributed by atoms with Gasteiger partial charge in [0.1, 0.15) is 0 Å². The van der Waals surface area contributed by atoms with Gasteiger partial charge in [-0.1, -0.05) is 12.1 Å². The monoisotopic (exact) mass is 219 g/mol. The third-order valence-corrected chi connectivity index (χ3v) is 3.35. The summed E-state index contributed by atoms with van der Waals surface area (Å²) < 4.78 is 0. The Morgan fingerprint density at radius 3 is 2.94 bits per heavy atom. The minimum absolute atomic E-state index is 0.426. The topological polar surface area (TPSA) is 40.5 Å². The molecule has 86 valence electrons. The van der Waals surface area contributed by atoms with Crippen LogP contribution in [-0.2, 0) is 11.2 Å². The molecule has 0 aliphatic carbocycles. The Balaban J connectivity index is 2.35. The highest BCUT2D eigenvalue weighted by atomic mass is 16.4. The number of hydrogen-bond acceptors (Lipinski definition) is 2. The number of carboxylic acid groups (broad SMARTS) is 1. The largest absolute Gasteiger partial charge is 0.481 e. The summed E-state index contributed by atoms with van der Waals surface area (Å²) in [5.74, 6) is -1.19. The van der Waals surface area contributed by atoms with Crippen LogP contribution in [0.15, 0.2) is 18.2 Å². The lowest BCUT2D eigenvalue weighted by atomic mass is 9.99. The molecule has 0 fully saturated rings. The summed E-state index contributed by atoms with van der Waals surface area (Å²) in [6.07, 6.45) is 1.07. The van der Waals surface area contributed by atoms with Crippen molar-refractivity contribution in [1.82, 2.24) is 0 Å². The van der Waals surface area contributed by atoms with Crippen molar-refractivity contribution in [3.05, 3.63) is 29.3 Å². The van der Waals surface area contributed by atoms with Crippen molar-refractivity contribution in [3.63, 3.8) is 0 Å². The number of nitrogens with zero attached hydrogens (tertiary/aromatic N) is 1. The lowest BCUT2D eigenvalue weighted by Crippen LogP contribution is -2.19. The summed E-state index contributed by atoms with van der Waals surface area (Å²) >= 11 is 0. The van der Waals surface area contributed by atoms with Crippen LogP contribution in [-0.4, -0.2) is 24.2 Å². The summed E-state index contributed by atoms with van der Waals surface area (Å²) in [6, 6.07) is 6.04. The molecule has 0 saturated carbocycles. The lowest BCUT2D eigenvalue weighted by molar-refractivity contribution is -0.138. The van der Waals surface area contributed by atoms with E-state index < -0.39 is 11.9 Å². The Morgan fingerprint density at radius 1 is 1.56 bits per heavy atom. The molecule has 3 heteroatoms. The molecule has 0 aromatic heterocycles. The van der Waals surface area contributed by atoms with Crippen LogP contribution in [0.4, 0.5) is 5.69 Å². The maximum atomic E-state index is 10.9. The third kappa shape index (κ3) is 1.77. The predicted octanol–water partition coefficient (Wildman–Crippen LogP) is 2.26. The van der Waals surface area contributed by atoms with Gasteiger partial charge in [0.15, 0.2) is 0 Å². The first-order chi connectivity index (χ1) is 7.63. The van der Waals surface area contributed by atoms with Gasteiger partial charge in [0.25, 0.3) is 0 Å². The molecule has 0 amide bonds. The third-order valence-electron chi connectivity index (χ3n) is 3.35. The van der Waals surface area contributed by atoms with Gasteiger partial charge in [0.2, 0.25) is 0 Å². The Labute approximate surface area is 95.7 Å². The van der Waals surface area contributed by atoms with Crippen LogP contribution in [0.2, 0.25) is 0 Å². The summed E-state index contributed by atoms with van der Waals surface area (Å²) in [4.78, 5) is 13.2. The normalized spacial score (nSPS) is 16.0. The van der Waals surface area contributed by atoms with Crippen LogP contribution in [0.3, 0.4) is 0 Å². The van der Waals surface area contributed by atoms with Gasteiger partial charge in [-0.25, -0.2) is 0 Å². The molecule has 1 aliphatic rings. The number of fused-ring (bicyclic) bond motifs is 1. The first-order valence-corrected chi connectivity index (χ1v) is 5.74. The number of benzene rings is 1. The van der Waals surface area contributed by atoms with Crippen molar-refractivity contribution >= 4 is 11.7 Å². The highest BCUT2D eigenvalue weighted by Crippen LogP contribution is 2.31. The molecule has 1 atom stereocenters. The highest BCUT2D eigenvalue weighted by Gasteiger charge is 2.20. The van der Waals surface area contributed by atoms with E-state index in [4.69, 9.17) is 5.11 Å². The molecular weight excluding hydrogens is 202 g/mol. The fraction of sp³-hybridized carbons (Fsp3) is 0.462. The van der Waals surface area contributed by atoms with E-state index >= 15 is 0 Å². The molecule has 1 aliphatic heterocycles. The van der Waals surface area contributed by atoms with Crippen molar-refractivity contribution in [1.29, 1.82) is 0 Å². The van der Waals surface area contributed by atoms with E-state index in [0.29, 0.717) is 0 Å². The van der Waals surface area contributed by atoms with E-state index in [1.165, 1.54) is 11.3 Å². The van der Waals surface area contributed by atoms with E-state index in [1.54, 1.807) is 6.92 Å². The second kappa shape index (κ2) is 4.16. The van der Waals surface area contributed by atoms with Crippen LogP contribution in [0.5, 0.6) is 0 Å². The van der Waals surface area contributed by atoms with Gasteiger partial charge in [0, 0.05) is 18.8 Å². The quantitative estimate of drug-likeness (QED) is 0.847. The molecule has 1 heterocycles. The molecule has 1 N–H and O–H groups in total. The molecule has 0 radical (unpaired) electrons. The van der Waals surface area contributed by atoms with Crippen LogP contribution in [0.25, 0.3) is 0 Å². The molecule has 3 nitrogen and oxygen atoms in total. The second-order valence-corrected chi connectivity index (χ2v) is 4.28. The summed E-state index contributed by atoms with van der Waals surface area (Å²) in [6.45, 7) is 5.90. The lowest BCUT2D eigenvalue weighted by Gasteiger charge is -2.18. The molecule has 1 unspecified atom stereocenters. The van der Waals surface area contributed by atoms with Gasteiger partial charge in [-0.15, -0.1) is 0 Å². The summed E-state index contributed by atoms with van der Waals surface area (Å²) in [5, 5.41) is 8.99. The molecule has 1 aromatic rings. The van der Waals surface area contributed by atoms with Gasteiger partial charge in [-0.3, -0.25) is 4.79 Å². The number of rotatable bonds is 3. The van der Waals surface area contributed by atoms with Gasteiger partial charge in [-0.05, 0) is 37.5 Å². The van der Waals surface area contributed by atoms with Gasteiger partial charge in [0.05, 0.1) is 5.92 Å². The standard InChI is InChI=1S/C13H17NO2/c1-3-14-7-6-10-4-5-11(8-12(10)14)9(2)13(15)16/h4-5,8-9H,3,6-7H2,1-2H3,(H,15,16). The van der Waals surface area contributed by atoms with Gasteiger partial charge >= 0.3 is 5.97 Å². The Morgan fingerprint density at radius 2 is 2.31 bits per heavy atom. The van der Waals surface area contributed by atoms with Crippen LogP contribution in [0, 0.1) is 0 Å². The molecule has 0 saturated heterocycles. The second-order valence-electron chi connectivity index (χ2n) is 4.28. The Hall–Kier alpha value is -1.51. The zero-order valence-corrected chi connectivity index (χ0v) is 9.73. The number of carboxylic acids is 1. The summed E-state index contributed by atoms with van der Waals surface area (Å²) in [5.41, 5.74) is 3.45. The van der Waals surface area contributed by atoms with Crippen LogP contribution < -0.4 is 4.90 Å². The van der Waals surface area contributed by atoms with E-state index in [0.717, 1.165) is 25.1 Å². The fourth-order valence-corrected chi connectivity index (χ4v) is 2.20. The average molecular weight is 219 g/mol. The zero-order valence-electron chi connectivity index (χ0n) is 9.73. The van der Waals surface area contributed by atoms with E-state index in [9.17, 15) is 4.79 Å². The van der Waals surface area contributed by atoms with E-state index in [2.05, 4.69) is 17.9 Å². The van der Waals surface area contributed by atoms with E-state index in [-0.39, 0.29) is 0 Å². The maximum Gasteiger partial charge on any atom is 0.310 e. The first kappa shape index (κ1) is 11.0. The highest BCUT2D eigenvalue weighted by molar-refractivity contribution is 5.76. The zero-order chi connectivity index (χ0) is 11.7.